The lowest BCUT2D eigenvalue weighted by atomic mass is 9.84. The van der Waals surface area contributed by atoms with Gasteiger partial charge in [0.1, 0.15) is 5.75 Å². The quantitative estimate of drug-likeness (QED) is 0.317. The molecule has 2 aromatic rings. The highest BCUT2D eigenvalue weighted by molar-refractivity contribution is 7.98. The molecule has 0 spiro atoms. The van der Waals surface area contributed by atoms with Crippen molar-refractivity contribution < 1.29 is 19.1 Å². The number of hydrogen-bond donors (Lipinski definition) is 1. The molecule has 6 heteroatoms. The van der Waals surface area contributed by atoms with Crippen LogP contribution in [0, 0.1) is 25.7 Å². The lowest BCUT2D eigenvalue weighted by Gasteiger charge is -2.27. The van der Waals surface area contributed by atoms with Crippen LogP contribution >= 0.6 is 11.8 Å². The molecule has 0 aromatic heterocycles. The summed E-state index contributed by atoms with van der Waals surface area (Å²) in [6, 6.07) is 12.1. The molecule has 1 unspecified atom stereocenters. The molecule has 0 amide bonds. The van der Waals surface area contributed by atoms with Gasteiger partial charge in [0.15, 0.2) is 11.4 Å². The number of nitrogens with one attached hydrogen (secondary N) is 1. The largest absolute Gasteiger partial charge is 0.476 e. The summed E-state index contributed by atoms with van der Waals surface area (Å²) in [5, 5.41) is 3.41. The first-order valence-corrected chi connectivity index (χ1v) is 12.7. The van der Waals surface area contributed by atoms with Gasteiger partial charge in [0, 0.05) is 22.9 Å². The van der Waals surface area contributed by atoms with Crippen molar-refractivity contribution in [2.45, 2.75) is 51.5 Å². The lowest BCUT2D eigenvalue weighted by Crippen LogP contribution is -2.40. The Morgan fingerprint density at radius 2 is 1.73 bits per heavy atom. The number of ketones is 1. The van der Waals surface area contributed by atoms with E-state index in [9.17, 15) is 9.59 Å². The smallest absolute Gasteiger partial charge is 0.349 e. The van der Waals surface area contributed by atoms with Crippen LogP contribution in [-0.4, -0.2) is 43.3 Å². The molecule has 178 valence electrons. The van der Waals surface area contributed by atoms with Crippen LogP contribution in [0.4, 0.5) is 0 Å². The fourth-order valence-corrected chi connectivity index (χ4v) is 4.86. The third-order valence-electron chi connectivity index (χ3n) is 6.19. The van der Waals surface area contributed by atoms with E-state index in [1.165, 1.54) is 5.56 Å². The van der Waals surface area contributed by atoms with E-state index >= 15 is 0 Å². The molecule has 1 heterocycles. The molecule has 5 nitrogen and oxygen atoms in total. The number of carbonyl (C=O) groups excluding carboxylic acids is 2. The van der Waals surface area contributed by atoms with E-state index in [-0.39, 0.29) is 23.6 Å². The Labute approximate surface area is 201 Å². The Hall–Kier alpha value is -2.31. The van der Waals surface area contributed by atoms with Crippen molar-refractivity contribution in [2.75, 3.05) is 26.0 Å². The molecule has 3 rings (SSSR count). The first-order chi connectivity index (χ1) is 15.7. The minimum Gasteiger partial charge on any atom is -0.476 e. The van der Waals surface area contributed by atoms with Gasteiger partial charge in [-0.2, -0.15) is 0 Å². The van der Waals surface area contributed by atoms with E-state index in [0.717, 1.165) is 34.6 Å². The summed E-state index contributed by atoms with van der Waals surface area (Å²) >= 11 is 1.68. The topological polar surface area (TPSA) is 64.6 Å². The maximum atomic E-state index is 13.2. The van der Waals surface area contributed by atoms with Crippen LogP contribution in [0.5, 0.6) is 5.75 Å². The molecular formula is C27H35NO4S. The number of carbonyl (C=O) groups is 2. The predicted molar refractivity (Wildman–Crippen MR) is 133 cm³/mol. The highest BCUT2D eigenvalue weighted by Crippen LogP contribution is 2.32. The standard InChI is InChI=1S/C27H35NO4S/c1-7-31-26(30)27(4,5)32-25-17(2)12-19(13-18(25)3)14-21-15-28-16-23(21)24(29)20-8-10-22(33-6)11-9-20/h8-13,21,23,28H,7,14-16H2,1-6H3/t21?,23-/m0/s1. The van der Waals surface area contributed by atoms with Crippen LogP contribution in [0.3, 0.4) is 0 Å². The maximum absolute atomic E-state index is 13.2. The molecule has 33 heavy (non-hydrogen) atoms. The average molecular weight is 470 g/mol. The molecule has 1 fully saturated rings. The second-order valence-electron chi connectivity index (χ2n) is 9.21. The molecule has 0 aliphatic carbocycles. The van der Waals surface area contributed by atoms with E-state index in [4.69, 9.17) is 9.47 Å². The maximum Gasteiger partial charge on any atom is 0.349 e. The van der Waals surface area contributed by atoms with E-state index in [1.54, 1.807) is 32.5 Å². The summed E-state index contributed by atoms with van der Waals surface area (Å²) in [5.74, 6) is 0.741. The number of benzene rings is 2. The summed E-state index contributed by atoms with van der Waals surface area (Å²) < 4.78 is 11.2. The number of hydrogen-bond acceptors (Lipinski definition) is 6. The van der Waals surface area contributed by atoms with Crippen molar-refractivity contribution in [2.24, 2.45) is 11.8 Å². The monoisotopic (exact) mass is 469 g/mol. The number of esters is 1. The molecule has 1 aliphatic heterocycles. The van der Waals surface area contributed by atoms with Gasteiger partial charge in [0.2, 0.25) is 0 Å². The van der Waals surface area contributed by atoms with Gasteiger partial charge >= 0.3 is 5.97 Å². The van der Waals surface area contributed by atoms with Crippen molar-refractivity contribution >= 4 is 23.5 Å². The van der Waals surface area contributed by atoms with Gasteiger partial charge in [-0.3, -0.25) is 4.79 Å². The van der Waals surface area contributed by atoms with Crippen LogP contribution < -0.4 is 10.1 Å². The molecule has 0 radical (unpaired) electrons. The van der Waals surface area contributed by atoms with Crippen LogP contribution in [0.1, 0.15) is 47.8 Å². The minimum atomic E-state index is -1.06. The summed E-state index contributed by atoms with van der Waals surface area (Å²) in [5.41, 5.74) is 2.85. The van der Waals surface area contributed by atoms with Crippen LogP contribution in [0.25, 0.3) is 0 Å². The van der Waals surface area contributed by atoms with Gasteiger partial charge in [-0.1, -0.05) is 24.3 Å². The zero-order valence-corrected chi connectivity index (χ0v) is 21.3. The van der Waals surface area contributed by atoms with Gasteiger partial charge in [-0.05, 0) is 88.6 Å². The number of ether oxygens (including phenoxy) is 2. The SMILES string of the molecule is CCOC(=O)C(C)(C)Oc1c(C)cc(CC2CNC[C@@H]2C(=O)c2ccc(SC)cc2)cc1C. The Kier molecular flexibility index (Phi) is 8.24. The predicted octanol–water partition coefficient (Wildman–Crippen LogP) is 5.01. The Bertz CT molecular complexity index is 977. The molecular weight excluding hydrogens is 434 g/mol. The number of rotatable bonds is 9. The zero-order valence-electron chi connectivity index (χ0n) is 20.5. The summed E-state index contributed by atoms with van der Waals surface area (Å²) in [7, 11) is 0. The summed E-state index contributed by atoms with van der Waals surface area (Å²) in [6.45, 7) is 11.1. The molecule has 1 aliphatic rings. The number of Topliss-reactive ketones (excluding diaryl/α,β-unsaturated/α-hetero) is 1. The molecule has 2 aromatic carbocycles. The normalized spacial score (nSPS) is 18.2. The van der Waals surface area contributed by atoms with Crippen molar-refractivity contribution in [3.05, 3.63) is 58.7 Å². The van der Waals surface area contributed by atoms with E-state index in [1.807, 2.05) is 44.4 Å². The van der Waals surface area contributed by atoms with Crippen LogP contribution in [0.15, 0.2) is 41.3 Å². The van der Waals surface area contributed by atoms with Gasteiger partial charge in [0.25, 0.3) is 0 Å². The fourth-order valence-electron chi connectivity index (χ4n) is 4.45. The first kappa shape index (κ1) is 25.3. The van der Waals surface area contributed by atoms with E-state index < -0.39 is 5.60 Å². The Morgan fingerprint density at radius 1 is 1.09 bits per heavy atom. The van der Waals surface area contributed by atoms with E-state index in [0.29, 0.717) is 18.9 Å². The average Bonchev–Trinajstić information content (AvgIpc) is 3.24. The van der Waals surface area contributed by atoms with Crippen LogP contribution in [0.2, 0.25) is 0 Å². The minimum absolute atomic E-state index is 0.0376. The van der Waals surface area contributed by atoms with Crippen molar-refractivity contribution in [1.29, 1.82) is 0 Å². The second kappa shape index (κ2) is 10.7. The van der Waals surface area contributed by atoms with Crippen molar-refractivity contribution in [1.82, 2.24) is 5.32 Å². The third kappa shape index (κ3) is 5.98. The Morgan fingerprint density at radius 3 is 2.30 bits per heavy atom. The van der Waals surface area contributed by atoms with Gasteiger partial charge in [-0.15, -0.1) is 11.8 Å². The molecule has 0 bridgehead atoms. The van der Waals surface area contributed by atoms with Crippen molar-refractivity contribution in [3.8, 4) is 5.75 Å². The molecule has 2 atom stereocenters. The number of aryl methyl sites for hydroxylation is 2. The van der Waals surface area contributed by atoms with E-state index in [2.05, 4.69) is 17.4 Å². The van der Waals surface area contributed by atoms with Crippen molar-refractivity contribution in [3.63, 3.8) is 0 Å². The van der Waals surface area contributed by atoms with Gasteiger partial charge in [0.05, 0.1) is 6.61 Å². The molecule has 0 saturated carbocycles. The fraction of sp³-hybridized carbons (Fsp3) is 0.481. The second-order valence-corrected chi connectivity index (χ2v) is 10.1. The highest BCUT2D eigenvalue weighted by Gasteiger charge is 2.35. The number of thioether (sulfide) groups is 1. The third-order valence-corrected chi connectivity index (χ3v) is 6.94. The summed E-state index contributed by atoms with van der Waals surface area (Å²) in [4.78, 5) is 26.6. The summed E-state index contributed by atoms with van der Waals surface area (Å²) in [6.07, 6.45) is 2.85. The zero-order chi connectivity index (χ0) is 24.2. The lowest BCUT2D eigenvalue weighted by molar-refractivity contribution is -0.158. The Balaban J connectivity index is 1.74. The van der Waals surface area contributed by atoms with Gasteiger partial charge < -0.3 is 14.8 Å². The van der Waals surface area contributed by atoms with Crippen LogP contribution in [-0.2, 0) is 16.0 Å². The highest BCUT2D eigenvalue weighted by atomic mass is 32.2. The van der Waals surface area contributed by atoms with Gasteiger partial charge in [-0.25, -0.2) is 4.79 Å². The first-order valence-electron chi connectivity index (χ1n) is 11.5. The molecule has 1 N–H and O–H groups in total. The molecule has 1 saturated heterocycles.